The lowest BCUT2D eigenvalue weighted by Crippen LogP contribution is -2.17. The smallest absolute Gasteiger partial charge is 0.305 e. The zero-order valence-electron chi connectivity index (χ0n) is 10.8. The average molecular weight is 281 g/mol. The molecule has 0 aliphatic carbocycles. The lowest BCUT2D eigenvalue weighted by Gasteiger charge is -2.13. The number of H-pyrrole nitrogens is 1. The molecule has 0 fully saturated rings. The second-order valence-electron chi connectivity index (χ2n) is 3.99. The highest BCUT2D eigenvalue weighted by Crippen LogP contribution is 2.21. The van der Waals surface area contributed by atoms with Gasteiger partial charge in [-0.05, 0) is 0 Å². The minimum Gasteiger partial charge on any atom is -0.469 e. The summed E-state index contributed by atoms with van der Waals surface area (Å²) in [5, 5.41) is 9.45. The van der Waals surface area contributed by atoms with E-state index in [-0.39, 0.29) is 5.97 Å². The summed E-state index contributed by atoms with van der Waals surface area (Å²) in [6, 6.07) is 0. The molecule has 0 radical (unpaired) electrons. The SMILES string of the molecule is COC(=O)CCc1csc(N(C)Cc2ncn[nH]2)n1. The van der Waals surface area contributed by atoms with Gasteiger partial charge in [0.2, 0.25) is 0 Å². The quantitative estimate of drug-likeness (QED) is 0.795. The molecule has 2 aromatic rings. The number of ether oxygens (including phenoxy) is 1. The number of hydrogen-bond donors (Lipinski definition) is 1. The van der Waals surface area contributed by atoms with E-state index in [1.807, 2.05) is 17.3 Å². The fourth-order valence-corrected chi connectivity index (χ4v) is 2.34. The van der Waals surface area contributed by atoms with Crippen molar-refractivity contribution in [3.05, 3.63) is 23.2 Å². The molecule has 0 aliphatic heterocycles. The van der Waals surface area contributed by atoms with E-state index in [4.69, 9.17) is 0 Å². The molecule has 0 aliphatic rings. The number of methoxy groups -OCH3 is 1. The topological polar surface area (TPSA) is 84.0 Å². The van der Waals surface area contributed by atoms with Crippen LogP contribution in [-0.4, -0.2) is 40.3 Å². The number of thiazole rings is 1. The first-order chi connectivity index (χ1) is 9.19. The third-order valence-corrected chi connectivity index (χ3v) is 3.53. The third kappa shape index (κ3) is 3.75. The number of aromatic nitrogens is 4. The number of nitrogens with zero attached hydrogens (tertiary/aromatic N) is 4. The summed E-state index contributed by atoms with van der Waals surface area (Å²) in [7, 11) is 3.32. The zero-order valence-corrected chi connectivity index (χ0v) is 11.6. The van der Waals surface area contributed by atoms with E-state index in [0.29, 0.717) is 19.4 Å². The number of esters is 1. The number of carbonyl (C=O) groups is 1. The van der Waals surface area contributed by atoms with Gasteiger partial charge in [-0.15, -0.1) is 11.3 Å². The highest BCUT2D eigenvalue weighted by molar-refractivity contribution is 7.13. The summed E-state index contributed by atoms with van der Waals surface area (Å²) in [5.41, 5.74) is 0.898. The zero-order chi connectivity index (χ0) is 13.7. The van der Waals surface area contributed by atoms with Crippen molar-refractivity contribution >= 4 is 22.4 Å². The van der Waals surface area contributed by atoms with Gasteiger partial charge >= 0.3 is 5.97 Å². The summed E-state index contributed by atoms with van der Waals surface area (Å²) in [4.78, 5) is 21.6. The van der Waals surface area contributed by atoms with Gasteiger partial charge in [0, 0.05) is 18.8 Å². The summed E-state index contributed by atoms with van der Waals surface area (Å²) in [5.74, 6) is 0.568. The van der Waals surface area contributed by atoms with Gasteiger partial charge in [0.25, 0.3) is 0 Å². The molecular formula is C11H15N5O2S. The number of carbonyl (C=O) groups excluding carboxylic acids is 1. The predicted molar refractivity (Wildman–Crippen MR) is 70.9 cm³/mol. The number of aryl methyl sites for hydroxylation is 1. The van der Waals surface area contributed by atoms with Crippen molar-refractivity contribution in [2.75, 3.05) is 19.1 Å². The van der Waals surface area contributed by atoms with Crippen LogP contribution in [0.25, 0.3) is 0 Å². The largest absolute Gasteiger partial charge is 0.469 e. The van der Waals surface area contributed by atoms with Crippen LogP contribution in [0.5, 0.6) is 0 Å². The van der Waals surface area contributed by atoms with Crippen LogP contribution >= 0.6 is 11.3 Å². The highest BCUT2D eigenvalue weighted by Gasteiger charge is 2.10. The number of anilines is 1. The van der Waals surface area contributed by atoms with Gasteiger partial charge in [-0.3, -0.25) is 9.89 Å². The van der Waals surface area contributed by atoms with E-state index in [0.717, 1.165) is 16.6 Å². The summed E-state index contributed by atoms with van der Waals surface area (Å²) < 4.78 is 4.60. The molecule has 0 unspecified atom stereocenters. The van der Waals surface area contributed by atoms with Crippen LogP contribution in [0.15, 0.2) is 11.7 Å². The first-order valence-corrected chi connectivity index (χ1v) is 6.63. The molecule has 0 atom stereocenters. The van der Waals surface area contributed by atoms with E-state index < -0.39 is 0 Å². The van der Waals surface area contributed by atoms with Crippen molar-refractivity contribution in [3.63, 3.8) is 0 Å². The Morgan fingerprint density at radius 1 is 1.58 bits per heavy atom. The van der Waals surface area contributed by atoms with Gasteiger partial charge < -0.3 is 9.64 Å². The maximum Gasteiger partial charge on any atom is 0.305 e. The summed E-state index contributed by atoms with van der Waals surface area (Å²) in [6.07, 6.45) is 2.43. The van der Waals surface area contributed by atoms with Crippen molar-refractivity contribution in [2.24, 2.45) is 0 Å². The predicted octanol–water partition coefficient (Wildman–Crippen LogP) is 1.00. The van der Waals surface area contributed by atoms with E-state index >= 15 is 0 Å². The Kier molecular flexibility index (Phi) is 4.45. The molecule has 0 spiro atoms. The van der Waals surface area contributed by atoms with E-state index in [1.54, 1.807) is 0 Å². The molecule has 19 heavy (non-hydrogen) atoms. The number of aromatic amines is 1. The summed E-state index contributed by atoms with van der Waals surface area (Å²) >= 11 is 1.54. The Hall–Kier alpha value is -1.96. The van der Waals surface area contributed by atoms with Gasteiger partial charge in [0.1, 0.15) is 12.2 Å². The average Bonchev–Trinajstić information content (AvgIpc) is 3.06. The van der Waals surface area contributed by atoms with Crippen LogP contribution in [0.2, 0.25) is 0 Å². The van der Waals surface area contributed by atoms with Gasteiger partial charge in [0.05, 0.1) is 25.8 Å². The van der Waals surface area contributed by atoms with Gasteiger partial charge in [-0.2, -0.15) is 5.10 Å². The van der Waals surface area contributed by atoms with Crippen LogP contribution in [0.1, 0.15) is 17.9 Å². The standard InChI is InChI=1S/C11H15N5O2S/c1-16(5-9-12-7-13-15-9)11-14-8(6-19-11)3-4-10(17)18-2/h6-7H,3-5H2,1-2H3,(H,12,13,15). The molecule has 102 valence electrons. The molecule has 0 saturated carbocycles. The van der Waals surface area contributed by atoms with Crippen LogP contribution in [0, 0.1) is 0 Å². The fourth-order valence-electron chi connectivity index (χ4n) is 1.52. The monoisotopic (exact) mass is 281 g/mol. The molecule has 0 aromatic carbocycles. The van der Waals surface area contributed by atoms with Crippen LogP contribution < -0.4 is 4.90 Å². The normalized spacial score (nSPS) is 10.4. The van der Waals surface area contributed by atoms with Gasteiger partial charge in [-0.1, -0.05) is 0 Å². The van der Waals surface area contributed by atoms with Gasteiger partial charge in [0.15, 0.2) is 5.13 Å². The Labute approximate surface area is 114 Å². The Morgan fingerprint density at radius 3 is 3.11 bits per heavy atom. The number of hydrogen-bond acceptors (Lipinski definition) is 7. The maximum absolute atomic E-state index is 11.1. The molecule has 8 heteroatoms. The number of rotatable bonds is 6. The molecule has 0 bridgehead atoms. The second-order valence-corrected chi connectivity index (χ2v) is 4.82. The number of nitrogens with one attached hydrogen (secondary N) is 1. The second kappa shape index (κ2) is 6.28. The van der Waals surface area contributed by atoms with E-state index in [2.05, 4.69) is 24.9 Å². The van der Waals surface area contributed by atoms with E-state index in [1.165, 1.54) is 24.8 Å². The van der Waals surface area contributed by atoms with Crippen LogP contribution in [0.4, 0.5) is 5.13 Å². The molecule has 0 amide bonds. The van der Waals surface area contributed by atoms with Crippen molar-refractivity contribution in [1.29, 1.82) is 0 Å². The van der Waals surface area contributed by atoms with Crippen LogP contribution in [-0.2, 0) is 22.5 Å². The molecule has 0 saturated heterocycles. The molecule has 7 nitrogen and oxygen atoms in total. The Morgan fingerprint density at radius 2 is 2.42 bits per heavy atom. The van der Waals surface area contributed by atoms with Crippen LogP contribution in [0.3, 0.4) is 0 Å². The minimum atomic E-state index is -0.218. The van der Waals surface area contributed by atoms with Crippen molar-refractivity contribution in [1.82, 2.24) is 20.2 Å². The fraction of sp³-hybridized carbons (Fsp3) is 0.455. The lowest BCUT2D eigenvalue weighted by atomic mass is 10.2. The molecular weight excluding hydrogens is 266 g/mol. The first-order valence-electron chi connectivity index (χ1n) is 5.75. The summed E-state index contributed by atoms with van der Waals surface area (Å²) in [6.45, 7) is 0.615. The third-order valence-electron chi connectivity index (χ3n) is 2.53. The Bertz CT molecular complexity index is 525. The molecule has 2 heterocycles. The molecule has 2 aromatic heterocycles. The lowest BCUT2D eigenvalue weighted by molar-refractivity contribution is -0.140. The van der Waals surface area contributed by atoms with E-state index in [9.17, 15) is 4.79 Å². The molecule has 1 N–H and O–H groups in total. The highest BCUT2D eigenvalue weighted by atomic mass is 32.1. The Balaban J connectivity index is 1.90. The van der Waals surface area contributed by atoms with Crippen molar-refractivity contribution < 1.29 is 9.53 Å². The molecule has 2 rings (SSSR count). The van der Waals surface area contributed by atoms with Crippen molar-refractivity contribution in [3.8, 4) is 0 Å². The first kappa shape index (κ1) is 13.5. The maximum atomic E-state index is 11.1. The van der Waals surface area contributed by atoms with Crippen molar-refractivity contribution in [2.45, 2.75) is 19.4 Å². The van der Waals surface area contributed by atoms with Gasteiger partial charge in [-0.25, -0.2) is 9.97 Å². The minimum absolute atomic E-state index is 0.218.